The van der Waals surface area contributed by atoms with E-state index in [1.54, 1.807) is 24.4 Å². The fourth-order valence-corrected chi connectivity index (χ4v) is 5.89. The van der Waals surface area contributed by atoms with Gasteiger partial charge in [0.1, 0.15) is 0 Å². The Kier molecular flexibility index (Phi) is 8.79. The quantitative estimate of drug-likeness (QED) is 0.224. The maximum atomic E-state index is 13.4. The average Bonchev–Trinajstić information content (AvgIpc) is 3.21. The van der Waals surface area contributed by atoms with Gasteiger partial charge in [0, 0.05) is 29.2 Å². The molecule has 8 heteroatoms. The first-order valence-corrected chi connectivity index (χ1v) is 14.3. The van der Waals surface area contributed by atoms with E-state index in [4.69, 9.17) is 0 Å². The zero-order valence-corrected chi connectivity index (χ0v) is 23.6. The van der Waals surface area contributed by atoms with Gasteiger partial charge < -0.3 is 4.57 Å². The lowest BCUT2D eigenvalue weighted by molar-refractivity contribution is -0.121. The van der Waals surface area contributed by atoms with Crippen molar-refractivity contribution < 1.29 is 13.2 Å². The topological polar surface area (TPSA) is 83.8 Å². The van der Waals surface area contributed by atoms with Crippen molar-refractivity contribution in [3.63, 3.8) is 0 Å². The van der Waals surface area contributed by atoms with E-state index in [0.717, 1.165) is 28.2 Å². The summed E-state index contributed by atoms with van der Waals surface area (Å²) in [7, 11) is -3.87. The highest BCUT2D eigenvalue weighted by atomic mass is 32.2. The minimum Gasteiger partial charge on any atom is -0.318 e. The van der Waals surface area contributed by atoms with Crippen molar-refractivity contribution >= 4 is 22.1 Å². The summed E-state index contributed by atoms with van der Waals surface area (Å²) in [6.45, 7) is 8.02. The standard InChI is InChI=1S/C31H34N4O3S/c1-23-15-16-29(19-24(23)2)35-25(3)20-28(26(35)4)21-32-33-31(36)22-34(18-17-27-11-7-5-8-12-27)39(37,38)30-13-9-6-10-14-30/h5-16,19-21H,17-18,22H2,1-4H3,(H,33,36)/b32-21+. The lowest BCUT2D eigenvalue weighted by atomic mass is 10.1. The van der Waals surface area contributed by atoms with E-state index < -0.39 is 15.9 Å². The van der Waals surface area contributed by atoms with Crippen molar-refractivity contribution in [2.45, 2.75) is 39.0 Å². The van der Waals surface area contributed by atoms with Gasteiger partial charge >= 0.3 is 0 Å². The molecule has 0 bridgehead atoms. The molecule has 0 unspecified atom stereocenters. The number of aromatic nitrogens is 1. The molecular formula is C31H34N4O3S. The Morgan fingerprint density at radius 2 is 1.56 bits per heavy atom. The van der Waals surface area contributed by atoms with Crippen molar-refractivity contribution in [1.82, 2.24) is 14.3 Å². The molecule has 0 fully saturated rings. The van der Waals surface area contributed by atoms with Crippen LogP contribution in [0.4, 0.5) is 0 Å². The van der Waals surface area contributed by atoms with Gasteiger partial charge in [-0.25, -0.2) is 13.8 Å². The fraction of sp³-hybridized carbons (Fsp3) is 0.226. The first kappa shape index (κ1) is 28.0. The van der Waals surface area contributed by atoms with Crippen LogP contribution in [0.3, 0.4) is 0 Å². The predicted octanol–water partition coefficient (Wildman–Crippen LogP) is 5.09. The molecule has 202 valence electrons. The highest BCUT2D eigenvalue weighted by Crippen LogP contribution is 2.22. The molecule has 0 radical (unpaired) electrons. The molecule has 0 atom stereocenters. The number of benzene rings is 3. The van der Waals surface area contributed by atoms with E-state index >= 15 is 0 Å². The molecule has 0 aliphatic rings. The van der Waals surface area contributed by atoms with Crippen LogP contribution >= 0.6 is 0 Å². The SMILES string of the molecule is Cc1ccc(-n2c(C)cc(/C=N/NC(=O)CN(CCc3ccccc3)S(=O)(=O)c3ccccc3)c2C)cc1C. The summed E-state index contributed by atoms with van der Waals surface area (Å²) in [5, 5.41) is 4.15. The second kappa shape index (κ2) is 12.2. The van der Waals surface area contributed by atoms with Gasteiger partial charge in [-0.3, -0.25) is 4.79 Å². The highest BCUT2D eigenvalue weighted by molar-refractivity contribution is 7.89. The van der Waals surface area contributed by atoms with E-state index in [-0.39, 0.29) is 18.0 Å². The maximum absolute atomic E-state index is 13.4. The molecular weight excluding hydrogens is 508 g/mol. The van der Waals surface area contributed by atoms with Crippen molar-refractivity contribution in [3.8, 4) is 5.69 Å². The number of nitrogens with one attached hydrogen (secondary N) is 1. The van der Waals surface area contributed by atoms with Crippen LogP contribution in [0.15, 0.2) is 94.9 Å². The smallest absolute Gasteiger partial charge is 0.255 e. The second-order valence-corrected chi connectivity index (χ2v) is 11.5. The third-order valence-corrected chi connectivity index (χ3v) is 8.66. The Bertz CT molecular complexity index is 1580. The molecule has 7 nitrogen and oxygen atoms in total. The Labute approximate surface area is 230 Å². The second-order valence-electron chi connectivity index (χ2n) is 9.61. The van der Waals surface area contributed by atoms with Crippen molar-refractivity contribution in [3.05, 3.63) is 119 Å². The Hall–Kier alpha value is -4.01. The molecule has 4 rings (SSSR count). The van der Waals surface area contributed by atoms with E-state index in [1.807, 2.05) is 50.2 Å². The molecule has 0 spiro atoms. The minimum absolute atomic E-state index is 0.146. The first-order valence-electron chi connectivity index (χ1n) is 12.8. The van der Waals surface area contributed by atoms with E-state index in [0.29, 0.717) is 6.42 Å². The first-order chi connectivity index (χ1) is 18.7. The summed E-state index contributed by atoms with van der Waals surface area (Å²) in [5.41, 5.74) is 9.91. The summed E-state index contributed by atoms with van der Waals surface area (Å²) in [4.78, 5) is 13.0. The van der Waals surface area contributed by atoms with E-state index in [9.17, 15) is 13.2 Å². The number of hydrazone groups is 1. The Balaban J connectivity index is 1.48. The summed E-state index contributed by atoms with van der Waals surface area (Å²) >= 11 is 0. The summed E-state index contributed by atoms with van der Waals surface area (Å²) in [6.07, 6.45) is 2.08. The van der Waals surface area contributed by atoms with Gasteiger partial charge in [0.2, 0.25) is 10.0 Å². The molecule has 1 aromatic heterocycles. The predicted molar refractivity (Wildman–Crippen MR) is 156 cm³/mol. The normalized spacial score (nSPS) is 11.8. The van der Waals surface area contributed by atoms with Crippen LogP contribution in [-0.4, -0.2) is 42.5 Å². The number of carbonyl (C=O) groups excluding carboxylic acids is 1. The van der Waals surface area contributed by atoms with E-state index in [2.05, 4.69) is 47.1 Å². The number of sulfonamides is 1. The fourth-order valence-electron chi connectivity index (χ4n) is 4.47. The molecule has 4 aromatic rings. The third kappa shape index (κ3) is 6.71. The molecule has 0 aliphatic heterocycles. The zero-order chi connectivity index (χ0) is 28.0. The zero-order valence-electron chi connectivity index (χ0n) is 22.8. The Morgan fingerprint density at radius 3 is 2.23 bits per heavy atom. The number of aryl methyl sites for hydroxylation is 3. The van der Waals surface area contributed by atoms with Crippen LogP contribution in [0.25, 0.3) is 5.69 Å². The van der Waals surface area contributed by atoms with Crippen LogP contribution in [-0.2, 0) is 21.2 Å². The Morgan fingerprint density at radius 1 is 0.897 bits per heavy atom. The summed E-state index contributed by atoms with van der Waals surface area (Å²) in [6, 6.07) is 26.1. The maximum Gasteiger partial charge on any atom is 0.255 e. The van der Waals surface area contributed by atoms with Crippen molar-refractivity contribution in [2.75, 3.05) is 13.1 Å². The van der Waals surface area contributed by atoms with Gasteiger partial charge in [-0.2, -0.15) is 9.41 Å². The van der Waals surface area contributed by atoms with Crippen molar-refractivity contribution in [1.29, 1.82) is 0 Å². The van der Waals surface area contributed by atoms with Crippen LogP contribution in [0.1, 0.15) is 33.6 Å². The molecule has 1 heterocycles. The molecule has 0 saturated carbocycles. The van der Waals surface area contributed by atoms with Crippen molar-refractivity contribution in [2.24, 2.45) is 5.10 Å². The molecule has 0 saturated heterocycles. The summed E-state index contributed by atoms with van der Waals surface area (Å²) < 4.78 is 30.1. The lowest BCUT2D eigenvalue weighted by Gasteiger charge is -2.21. The van der Waals surface area contributed by atoms with Gasteiger partial charge in [0.15, 0.2) is 0 Å². The number of hydrogen-bond donors (Lipinski definition) is 1. The van der Waals surface area contributed by atoms with Gasteiger partial charge in [0.25, 0.3) is 5.91 Å². The summed E-state index contributed by atoms with van der Waals surface area (Å²) in [5.74, 6) is -0.512. The highest BCUT2D eigenvalue weighted by Gasteiger charge is 2.26. The van der Waals surface area contributed by atoms with Gasteiger partial charge in [0.05, 0.1) is 17.7 Å². The lowest BCUT2D eigenvalue weighted by Crippen LogP contribution is -2.40. The minimum atomic E-state index is -3.87. The largest absolute Gasteiger partial charge is 0.318 e. The third-order valence-electron chi connectivity index (χ3n) is 6.81. The number of carbonyl (C=O) groups is 1. The number of rotatable bonds is 10. The number of amides is 1. The molecule has 1 amide bonds. The van der Waals surface area contributed by atoms with Crippen LogP contribution in [0.2, 0.25) is 0 Å². The van der Waals surface area contributed by atoms with Gasteiger partial charge in [-0.1, -0.05) is 54.6 Å². The molecule has 1 N–H and O–H groups in total. The number of hydrogen-bond acceptors (Lipinski definition) is 4. The molecule has 0 aliphatic carbocycles. The van der Waals surface area contributed by atoms with E-state index in [1.165, 1.54) is 27.6 Å². The monoisotopic (exact) mass is 542 g/mol. The average molecular weight is 543 g/mol. The van der Waals surface area contributed by atoms with Crippen LogP contribution < -0.4 is 5.43 Å². The van der Waals surface area contributed by atoms with Crippen LogP contribution in [0.5, 0.6) is 0 Å². The van der Waals surface area contributed by atoms with Crippen LogP contribution in [0, 0.1) is 27.7 Å². The molecule has 3 aromatic carbocycles. The van der Waals surface area contributed by atoms with Gasteiger partial charge in [-0.15, -0.1) is 0 Å². The number of nitrogens with zero attached hydrogens (tertiary/aromatic N) is 3. The van der Waals surface area contributed by atoms with Gasteiger partial charge in [-0.05, 0) is 81.1 Å². The molecule has 39 heavy (non-hydrogen) atoms.